The quantitative estimate of drug-likeness (QED) is 0.824. The van der Waals surface area contributed by atoms with Gasteiger partial charge in [0.25, 0.3) is 0 Å². The van der Waals surface area contributed by atoms with Crippen LogP contribution in [0.2, 0.25) is 0 Å². The van der Waals surface area contributed by atoms with Gasteiger partial charge in [0.2, 0.25) is 0 Å². The molecule has 0 aromatic heterocycles. The molecule has 0 radical (unpaired) electrons. The van der Waals surface area contributed by atoms with Gasteiger partial charge >= 0.3 is 6.03 Å². The molecule has 1 heterocycles. The van der Waals surface area contributed by atoms with Gasteiger partial charge in [-0.3, -0.25) is 0 Å². The monoisotopic (exact) mass is 242 g/mol. The summed E-state index contributed by atoms with van der Waals surface area (Å²) >= 11 is 0. The van der Waals surface area contributed by atoms with E-state index in [2.05, 4.69) is 19.2 Å². The van der Waals surface area contributed by atoms with E-state index in [4.69, 9.17) is 4.74 Å². The van der Waals surface area contributed by atoms with Crippen LogP contribution in [0.15, 0.2) is 0 Å². The van der Waals surface area contributed by atoms with Crippen molar-refractivity contribution in [3.8, 4) is 0 Å². The number of nitrogens with one attached hydrogen (secondary N) is 1. The van der Waals surface area contributed by atoms with Crippen LogP contribution in [-0.4, -0.2) is 42.3 Å². The first-order valence-electron chi connectivity index (χ1n) is 6.50. The molecule has 4 nitrogen and oxygen atoms in total. The maximum atomic E-state index is 12.1. The molecule has 17 heavy (non-hydrogen) atoms. The van der Waals surface area contributed by atoms with E-state index in [-0.39, 0.29) is 17.7 Å². The summed E-state index contributed by atoms with van der Waals surface area (Å²) in [5.41, 5.74) is -0.214. The van der Waals surface area contributed by atoms with E-state index in [1.165, 1.54) is 0 Å². The van der Waals surface area contributed by atoms with Crippen molar-refractivity contribution in [2.75, 3.05) is 19.7 Å². The predicted octanol–water partition coefficient (Wildman–Crippen LogP) is 2.24. The molecule has 1 aliphatic heterocycles. The molecular weight excluding hydrogens is 216 g/mol. The molecule has 2 amide bonds. The van der Waals surface area contributed by atoms with Gasteiger partial charge in [-0.1, -0.05) is 13.8 Å². The van der Waals surface area contributed by atoms with Crippen molar-refractivity contribution in [3.63, 3.8) is 0 Å². The third kappa shape index (κ3) is 4.19. The largest absolute Gasteiger partial charge is 0.374 e. The lowest BCUT2D eigenvalue weighted by atomic mass is 10.0. The van der Waals surface area contributed by atoms with Gasteiger partial charge in [-0.2, -0.15) is 0 Å². The van der Waals surface area contributed by atoms with Gasteiger partial charge in [0.05, 0.1) is 18.2 Å². The highest BCUT2D eigenvalue weighted by molar-refractivity contribution is 5.75. The maximum Gasteiger partial charge on any atom is 0.318 e. The van der Waals surface area contributed by atoms with Gasteiger partial charge in [0, 0.05) is 13.1 Å². The zero-order valence-corrected chi connectivity index (χ0v) is 11.7. The third-order valence-corrected chi connectivity index (χ3v) is 3.13. The van der Waals surface area contributed by atoms with E-state index in [1.807, 2.05) is 25.7 Å². The van der Waals surface area contributed by atoms with Crippen molar-refractivity contribution >= 4 is 6.03 Å². The fourth-order valence-electron chi connectivity index (χ4n) is 1.90. The average molecular weight is 242 g/mol. The summed E-state index contributed by atoms with van der Waals surface area (Å²) in [7, 11) is 0. The molecule has 1 aliphatic rings. The number of ether oxygens (including phenoxy) is 1. The van der Waals surface area contributed by atoms with Crippen LogP contribution in [0, 0.1) is 5.92 Å². The number of hydrogen-bond donors (Lipinski definition) is 1. The summed E-state index contributed by atoms with van der Waals surface area (Å²) in [5.74, 6) is 0.618. The number of morpholine rings is 1. The highest BCUT2D eigenvalue weighted by atomic mass is 16.5. The SMILES string of the molecule is CC(C)CCNC(=O)N1CC(C)OCC1(C)C. The minimum Gasteiger partial charge on any atom is -0.374 e. The van der Waals surface area contributed by atoms with Gasteiger partial charge in [-0.15, -0.1) is 0 Å². The van der Waals surface area contributed by atoms with Crippen molar-refractivity contribution < 1.29 is 9.53 Å². The number of rotatable bonds is 3. The van der Waals surface area contributed by atoms with Gasteiger partial charge in [0.15, 0.2) is 0 Å². The second-order valence-corrected chi connectivity index (χ2v) is 5.96. The van der Waals surface area contributed by atoms with Crippen molar-refractivity contribution in [1.29, 1.82) is 0 Å². The molecule has 1 rings (SSSR count). The lowest BCUT2D eigenvalue weighted by Gasteiger charge is -2.44. The lowest BCUT2D eigenvalue weighted by Crippen LogP contribution is -2.60. The van der Waals surface area contributed by atoms with Crippen molar-refractivity contribution in [2.45, 2.75) is 52.7 Å². The number of carbonyl (C=O) groups is 1. The normalized spacial score (nSPS) is 23.9. The van der Waals surface area contributed by atoms with Gasteiger partial charge in [-0.25, -0.2) is 4.79 Å². The molecule has 100 valence electrons. The average Bonchev–Trinajstić information content (AvgIpc) is 2.21. The standard InChI is InChI=1S/C13H26N2O2/c1-10(2)6-7-14-12(16)15-8-11(3)17-9-13(15,4)5/h10-11H,6-9H2,1-5H3,(H,14,16). The van der Waals surface area contributed by atoms with Crippen LogP contribution < -0.4 is 5.32 Å². The summed E-state index contributed by atoms with van der Waals surface area (Å²) in [6, 6.07) is 0.0331. The molecule has 1 saturated heterocycles. The molecule has 0 aliphatic carbocycles. The molecular formula is C13H26N2O2. The third-order valence-electron chi connectivity index (χ3n) is 3.13. The topological polar surface area (TPSA) is 41.6 Å². The Morgan fingerprint density at radius 3 is 2.76 bits per heavy atom. The van der Waals surface area contributed by atoms with Crippen molar-refractivity contribution in [3.05, 3.63) is 0 Å². The first kappa shape index (κ1) is 14.3. The van der Waals surface area contributed by atoms with E-state index in [0.29, 0.717) is 19.1 Å². The van der Waals surface area contributed by atoms with E-state index in [1.54, 1.807) is 0 Å². The van der Waals surface area contributed by atoms with Crippen LogP contribution in [0.25, 0.3) is 0 Å². The molecule has 4 heteroatoms. The second-order valence-electron chi connectivity index (χ2n) is 5.96. The molecule has 1 fully saturated rings. The Labute approximate surface area is 105 Å². The summed E-state index contributed by atoms with van der Waals surface area (Å²) < 4.78 is 5.59. The Bertz CT molecular complexity index is 264. The first-order valence-corrected chi connectivity index (χ1v) is 6.50. The lowest BCUT2D eigenvalue weighted by molar-refractivity contribution is -0.0706. The van der Waals surface area contributed by atoms with E-state index in [9.17, 15) is 4.79 Å². The Hall–Kier alpha value is -0.770. The summed E-state index contributed by atoms with van der Waals surface area (Å²) in [5, 5.41) is 2.99. The second kappa shape index (κ2) is 5.71. The van der Waals surface area contributed by atoms with E-state index in [0.717, 1.165) is 13.0 Å². The highest BCUT2D eigenvalue weighted by Crippen LogP contribution is 2.21. The van der Waals surface area contributed by atoms with Crippen molar-refractivity contribution in [2.24, 2.45) is 5.92 Å². The fourth-order valence-corrected chi connectivity index (χ4v) is 1.90. The maximum absolute atomic E-state index is 12.1. The van der Waals surface area contributed by atoms with Crippen LogP contribution in [0.3, 0.4) is 0 Å². The van der Waals surface area contributed by atoms with Gasteiger partial charge < -0.3 is 15.0 Å². The Morgan fingerprint density at radius 2 is 2.18 bits per heavy atom. The van der Waals surface area contributed by atoms with Crippen molar-refractivity contribution in [1.82, 2.24) is 10.2 Å². The number of amides is 2. The fraction of sp³-hybridized carbons (Fsp3) is 0.923. The molecule has 1 atom stereocenters. The number of urea groups is 1. The zero-order valence-electron chi connectivity index (χ0n) is 11.7. The highest BCUT2D eigenvalue weighted by Gasteiger charge is 2.36. The summed E-state index contributed by atoms with van der Waals surface area (Å²) in [6.45, 7) is 12.4. The summed E-state index contributed by atoms with van der Waals surface area (Å²) in [6.07, 6.45) is 1.14. The Balaban J connectivity index is 2.48. The predicted molar refractivity (Wildman–Crippen MR) is 69.1 cm³/mol. The number of nitrogens with zero attached hydrogens (tertiary/aromatic N) is 1. The van der Waals surface area contributed by atoms with E-state index < -0.39 is 0 Å². The van der Waals surface area contributed by atoms with Crippen LogP contribution in [0.4, 0.5) is 4.79 Å². The molecule has 1 N–H and O–H groups in total. The van der Waals surface area contributed by atoms with Crippen LogP contribution in [0.1, 0.15) is 41.0 Å². The molecule has 0 aromatic rings. The summed E-state index contributed by atoms with van der Waals surface area (Å²) in [4.78, 5) is 14.0. The molecule has 0 aromatic carbocycles. The van der Waals surface area contributed by atoms with Crippen LogP contribution >= 0.6 is 0 Å². The van der Waals surface area contributed by atoms with E-state index >= 15 is 0 Å². The Morgan fingerprint density at radius 1 is 1.53 bits per heavy atom. The van der Waals surface area contributed by atoms with Gasteiger partial charge in [0.1, 0.15) is 0 Å². The molecule has 0 saturated carbocycles. The van der Waals surface area contributed by atoms with Crippen LogP contribution in [-0.2, 0) is 4.74 Å². The smallest absolute Gasteiger partial charge is 0.318 e. The van der Waals surface area contributed by atoms with Gasteiger partial charge in [-0.05, 0) is 33.1 Å². The molecule has 0 bridgehead atoms. The van der Waals surface area contributed by atoms with Crippen LogP contribution in [0.5, 0.6) is 0 Å². The minimum atomic E-state index is -0.214. The Kier molecular flexibility index (Phi) is 4.80. The zero-order chi connectivity index (χ0) is 13.1. The molecule has 0 spiro atoms. The minimum absolute atomic E-state index is 0.0331. The number of hydrogen-bond acceptors (Lipinski definition) is 2. The number of carbonyl (C=O) groups excluding carboxylic acids is 1. The first-order chi connectivity index (χ1) is 7.83. The molecule has 1 unspecified atom stereocenters.